The molecule has 0 bridgehead atoms. The lowest BCUT2D eigenvalue weighted by atomic mass is 10.3. The highest BCUT2D eigenvalue weighted by Crippen LogP contribution is 2.13. The van der Waals surface area contributed by atoms with E-state index >= 15 is 0 Å². The minimum atomic E-state index is -0.329. The molecule has 21 heavy (non-hydrogen) atoms. The minimum absolute atomic E-state index is 0.0570. The van der Waals surface area contributed by atoms with Crippen molar-refractivity contribution < 1.29 is 19.1 Å². The molecule has 1 fully saturated rings. The van der Waals surface area contributed by atoms with Crippen LogP contribution in [0.2, 0.25) is 0 Å². The van der Waals surface area contributed by atoms with Crippen LogP contribution in [0.5, 0.6) is 5.75 Å². The molecule has 1 unspecified atom stereocenters. The number of nitrogens with one attached hydrogen (secondary N) is 1. The van der Waals surface area contributed by atoms with E-state index < -0.39 is 0 Å². The summed E-state index contributed by atoms with van der Waals surface area (Å²) in [4.78, 5) is 24.9. The molecule has 1 saturated heterocycles. The second-order valence-corrected chi connectivity index (χ2v) is 5.16. The largest absolute Gasteiger partial charge is 0.484 e. The van der Waals surface area contributed by atoms with Gasteiger partial charge in [0.15, 0.2) is 6.61 Å². The summed E-state index contributed by atoms with van der Waals surface area (Å²) in [6.45, 7) is 4.59. The third kappa shape index (κ3) is 4.37. The van der Waals surface area contributed by atoms with Crippen molar-refractivity contribution in [3.8, 4) is 5.75 Å². The van der Waals surface area contributed by atoms with Gasteiger partial charge >= 0.3 is 6.09 Å². The summed E-state index contributed by atoms with van der Waals surface area (Å²) in [7, 11) is 0. The van der Waals surface area contributed by atoms with Crippen LogP contribution in [0.15, 0.2) is 30.3 Å². The van der Waals surface area contributed by atoms with Crippen LogP contribution in [0.1, 0.15) is 13.8 Å². The van der Waals surface area contributed by atoms with Crippen molar-refractivity contribution in [1.82, 2.24) is 10.2 Å². The molecule has 6 heteroatoms. The first-order chi connectivity index (χ1) is 10.1. The highest BCUT2D eigenvalue weighted by molar-refractivity contribution is 5.77. The van der Waals surface area contributed by atoms with Crippen molar-refractivity contribution in [3.05, 3.63) is 30.3 Å². The summed E-state index contributed by atoms with van der Waals surface area (Å²) >= 11 is 0. The molecule has 1 aromatic carbocycles. The van der Waals surface area contributed by atoms with Gasteiger partial charge in [0.1, 0.15) is 11.9 Å². The predicted octanol–water partition coefficient (Wildman–Crippen LogP) is 1.41. The zero-order chi connectivity index (χ0) is 15.2. The van der Waals surface area contributed by atoms with Crippen LogP contribution in [0, 0.1) is 0 Å². The van der Waals surface area contributed by atoms with E-state index in [1.54, 1.807) is 17.0 Å². The molecule has 0 aliphatic carbocycles. The van der Waals surface area contributed by atoms with Crippen LogP contribution in [0.4, 0.5) is 4.79 Å². The molecule has 1 aromatic rings. The third-order valence-corrected chi connectivity index (χ3v) is 3.17. The first-order valence-electron chi connectivity index (χ1n) is 6.98. The Morgan fingerprint density at radius 3 is 2.76 bits per heavy atom. The van der Waals surface area contributed by atoms with E-state index in [0.29, 0.717) is 18.8 Å². The number of carbonyl (C=O) groups excluding carboxylic acids is 2. The number of cyclic esters (lactones) is 1. The van der Waals surface area contributed by atoms with Gasteiger partial charge in [0.2, 0.25) is 0 Å². The number of ether oxygens (including phenoxy) is 2. The van der Waals surface area contributed by atoms with Gasteiger partial charge in [-0.2, -0.15) is 0 Å². The maximum Gasteiger partial charge on any atom is 0.410 e. The Morgan fingerprint density at radius 1 is 1.43 bits per heavy atom. The molecular weight excluding hydrogens is 272 g/mol. The van der Waals surface area contributed by atoms with E-state index in [1.807, 2.05) is 32.0 Å². The summed E-state index contributed by atoms with van der Waals surface area (Å²) in [6, 6.07) is 9.22. The lowest BCUT2D eigenvalue weighted by Crippen LogP contribution is -2.38. The lowest BCUT2D eigenvalue weighted by molar-refractivity contribution is -0.123. The highest BCUT2D eigenvalue weighted by atomic mass is 16.6. The molecule has 0 aromatic heterocycles. The van der Waals surface area contributed by atoms with Crippen molar-refractivity contribution in [1.29, 1.82) is 0 Å². The van der Waals surface area contributed by atoms with Gasteiger partial charge in [0.25, 0.3) is 5.91 Å². The first kappa shape index (κ1) is 15.2. The van der Waals surface area contributed by atoms with E-state index in [2.05, 4.69) is 5.32 Å². The molecule has 6 nitrogen and oxygen atoms in total. The molecule has 0 radical (unpaired) electrons. The van der Waals surface area contributed by atoms with Gasteiger partial charge in [-0.3, -0.25) is 4.79 Å². The highest BCUT2D eigenvalue weighted by Gasteiger charge is 2.32. The number of nitrogens with zero attached hydrogens (tertiary/aromatic N) is 1. The predicted molar refractivity (Wildman–Crippen MR) is 77.1 cm³/mol. The Hall–Kier alpha value is -2.24. The molecule has 1 atom stereocenters. The molecule has 0 saturated carbocycles. The molecule has 0 spiro atoms. The average molecular weight is 292 g/mol. The molecular formula is C15H20N2O4. The fourth-order valence-corrected chi connectivity index (χ4v) is 2.01. The number of rotatable bonds is 6. The zero-order valence-electron chi connectivity index (χ0n) is 12.2. The minimum Gasteiger partial charge on any atom is -0.484 e. The standard InChI is InChI=1S/C15H20N2O4/c1-11(2)17-9-13(21-15(17)19)8-16-14(18)10-20-12-6-4-3-5-7-12/h3-7,11,13H,8-10H2,1-2H3,(H,16,18). The Bertz CT molecular complexity index is 490. The number of carbonyl (C=O) groups is 2. The molecule has 1 aliphatic rings. The zero-order valence-corrected chi connectivity index (χ0v) is 12.2. The summed E-state index contributed by atoms with van der Waals surface area (Å²) in [5.41, 5.74) is 0. The fourth-order valence-electron chi connectivity index (χ4n) is 2.01. The topological polar surface area (TPSA) is 67.9 Å². The van der Waals surface area contributed by atoms with Gasteiger partial charge in [0, 0.05) is 6.04 Å². The van der Waals surface area contributed by atoms with Crippen molar-refractivity contribution >= 4 is 12.0 Å². The van der Waals surface area contributed by atoms with E-state index in [-0.39, 0.29) is 30.8 Å². The van der Waals surface area contributed by atoms with Crippen LogP contribution in [0.3, 0.4) is 0 Å². The maximum absolute atomic E-state index is 11.7. The third-order valence-electron chi connectivity index (χ3n) is 3.17. The summed E-state index contributed by atoms with van der Waals surface area (Å²) in [5.74, 6) is 0.406. The second-order valence-electron chi connectivity index (χ2n) is 5.16. The van der Waals surface area contributed by atoms with Gasteiger partial charge < -0.3 is 19.7 Å². The number of hydrogen-bond acceptors (Lipinski definition) is 4. The van der Waals surface area contributed by atoms with E-state index in [1.165, 1.54) is 0 Å². The smallest absolute Gasteiger partial charge is 0.410 e. The average Bonchev–Trinajstić information content (AvgIpc) is 2.85. The Kier molecular flexibility index (Phi) is 5.03. The molecule has 1 heterocycles. The molecule has 2 rings (SSSR count). The van der Waals surface area contributed by atoms with Crippen molar-refractivity contribution in [2.45, 2.75) is 26.0 Å². The number of benzene rings is 1. The number of amides is 2. The van der Waals surface area contributed by atoms with Crippen LogP contribution >= 0.6 is 0 Å². The fraction of sp³-hybridized carbons (Fsp3) is 0.467. The van der Waals surface area contributed by atoms with Gasteiger partial charge in [-0.1, -0.05) is 18.2 Å². The first-order valence-corrected chi connectivity index (χ1v) is 6.98. The SMILES string of the molecule is CC(C)N1CC(CNC(=O)COc2ccccc2)OC1=O. The van der Waals surface area contributed by atoms with Gasteiger partial charge in [0.05, 0.1) is 13.1 Å². The quantitative estimate of drug-likeness (QED) is 0.861. The van der Waals surface area contributed by atoms with Crippen molar-refractivity contribution in [2.24, 2.45) is 0 Å². The maximum atomic E-state index is 11.7. The normalized spacial score (nSPS) is 17.8. The Morgan fingerprint density at radius 2 is 2.14 bits per heavy atom. The number of para-hydroxylation sites is 1. The number of hydrogen-bond donors (Lipinski definition) is 1. The summed E-state index contributed by atoms with van der Waals surface area (Å²) < 4.78 is 10.5. The van der Waals surface area contributed by atoms with E-state index in [4.69, 9.17) is 9.47 Å². The van der Waals surface area contributed by atoms with Crippen LogP contribution in [0.25, 0.3) is 0 Å². The monoisotopic (exact) mass is 292 g/mol. The van der Waals surface area contributed by atoms with Crippen LogP contribution in [-0.4, -0.2) is 48.7 Å². The van der Waals surface area contributed by atoms with E-state index in [9.17, 15) is 9.59 Å². The Balaban J connectivity index is 1.69. The van der Waals surface area contributed by atoms with Crippen molar-refractivity contribution in [3.63, 3.8) is 0 Å². The molecule has 2 amide bonds. The van der Waals surface area contributed by atoms with Crippen LogP contribution < -0.4 is 10.1 Å². The summed E-state index contributed by atoms with van der Waals surface area (Å²) in [5, 5.41) is 2.71. The van der Waals surface area contributed by atoms with E-state index in [0.717, 1.165) is 0 Å². The van der Waals surface area contributed by atoms with Gasteiger partial charge in [-0.15, -0.1) is 0 Å². The Labute approximate surface area is 124 Å². The summed E-state index contributed by atoms with van der Waals surface area (Å²) in [6.07, 6.45) is -0.634. The molecule has 1 N–H and O–H groups in total. The lowest BCUT2D eigenvalue weighted by Gasteiger charge is -2.16. The second kappa shape index (κ2) is 6.97. The van der Waals surface area contributed by atoms with Crippen LogP contribution in [-0.2, 0) is 9.53 Å². The van der Waals surface area contributed by atoms with Gasteiger partial charge in [-0.25, -0.2) is 4.79 Å². The van der Waals surface area contributed by atoms with Crippen molar-refractivity contribution in [2.75, 3.05) is 19.7 Å². The molecule has 1 aliphatic heterocycles. The molecule has 114 valence electrons. The van der Waals surface area contributed by atoms with Gasteiger partial charge in [-0.05, 0) is 26.0 Å².